The Morgan fingerprint density at radius 2 is 2.09 bits per heavy atom. The number of para-hydroxylation sites is 1. The first-order valence-corrected chi connectivity index (χ1v) is 7.44. The number of nitrogens with zero attached hydrogens (tertiary/aromatic N) is 2. The molecule has 0 bridgehead atoms. The zero-order valence-electron chi connectivity index (χ0n) is 12.2. The maximum absolute atomic E-state index is 13.7. The number of rotatable bonds is 3. The highest BCUT2D eigenvalue weighted by Gasteiger charge is 2.25. The van der Waals surface area contributed by atoms with Crippen molar-refractivity contribution >= 4 is 11.6 Å². The molecule has 1 amide bonds. The lowest BCUT2D eigenvalue weighted by molar-refractivity contribution is 0.0710. The Morgan fingerprint density at radius 3 is 2.86 bits per heavy atom. The van der Waals surface area contributed by atoms with Gasteiger partial charge in [-0.3, -0.25) is 9.78 Å². The maximum atomic E-state index is 13.7. The second-order valence-electron chi connectivity index (χ2n) is 5.46. The number of carbonyl (C=O) groups excluding carboxylic acids is 1. The van der Waals surface area contributed by atoms with Gasteiger partial charge in [-0.1, -0.05) is 18.2 Å². The molecule has 4 nitrogen and oxygen atoms in total. The molecular formula is C17H18FN3O. The van der Waals surface area contributed by atoms with Crippen LogP contribution in [-0.4, -0.2) is 34.9 Å². The van der Waals surface area contributed by atoms with Gasteiger partial charge in [-0.25, -0.2) is 4.39 Å². The summed E-state index contributed by atoms with van der Waals surface area (Å²) in [5.74, 6) is -0.829. The third kappa shape index (κ3) is 3.24. The molecule has 2 heterocycles. The molecule has 1 saturated heterocycles. The molecule has 1 aromatic heterocycles. The van der Waals surface area contributed by atoms with Crippen molar-refractivity contribution in [3.05, 3.63) is 60.2 Å². The highest BCUT2D eigenvalue weighted by Crippen LogP contribution is 2.18. The van der Waals surface area contributed by atoms with Crippen LogP contribution in [0.1, 0.15) is 23.2 Å². The Hall–Kier alpha value is -2.43. The number of hydrogen-bond acceptors (Lipinski definition) is 3. The Kier molecular flexibility index (Phi) is 4.32. The lowest BCUT2D eigenvalue weighted by atomic mass is 10.0. The minimum atomic E-state index is -0.564. The van der Waals surface area contributed by atoms with E-state index < -0.39 is 5.82 Å². The summed E-state index contributed by atoms with van der Waals surface area (Å²) in [4.78, 5) is 17.8. The minimum absolute atomic E-state index is 0.0929. The van der Waals surface area contributed by atoms with E-state index in [1.807, 2.05) is 30.3 Å². The van der Waals surface area contributed by atoms with E-state index in [1.165, 1.54) is 12.3 Å². The molecule has 1 fully saturated rings. The highest BCUT2D eigenvalue weighted by molar-refractivity contribution is 5.94. The number of benzene rings is 1. The number of aromatic nitrogens is 1. The van der Waals surface area contributed by atoms with Crippen molar-refractivity contribution in [2.24, 2.45) is 0 Å². The van der Waals surface area contributed by atoms with Crippen LogP contribution in [0, 0.1) is 5.82 Å². The van der Waals surface area contributed by atoms with Gasteiger partial charge >= 0.3 is 0 Å². The van der Waals surface area contributed by atoms with E-state index in [9.17, 15) is 9.18 Å². The van der Waals surface area contributed by atoms with Crippen molar-refractivity contribution in [3.8, 4) is 0 Å². The Balaban J connectivity index is 1.68. The van der Waals surface area contributed by atoms with Crippen molar-refractivity contribution in [2.75, 3.05) is 18.4 Å². The normalized spacial score (nSPS) is 18.0. The van der Waals surface area contributed by atoms with Gasteiger partial charge in [0.15, 0.2) is 5.82 Å². The summed E-state index contributed by atoms with van der Waals surface area (Å²) in [6.07, 6.45) is 4.43. The summed E-state index contributed by atoms with van der Waals surface area (Å²) in [6.45, 7) is 1.24. The summed E-state index contributed by atoms with van der Waals surface area (Å²) < 4.78 is 13.7. The van der Waals surface area contributed by atoms with Crippen molar-refractivity contribution in [3.63, 3.8) is 0 Å². The van der Waals surface area contributed by atoms with E-state index in [4.69, 9.17) is 0 Å². The van der Waals surface area contributed by atoms with E-state index in [0.717, 1.165) is 24.7 Å². The van der Waals surface area contributed by atoms with Crippen LogP contribution >= 0.6 is 0 Å². The molecule has 5 heteroatoms. The van der Waals surface area contributed by atoms with Crippen molar-refractivity contribution in [2.45, 2.75) is 18.9 Å². The number of likely N-dealkylation sites (tertiary alicyclic amines) is 1. The van der Waals surface area contributed by atoms with Gasteiger partial charge in [0.1, 0.15) is 0 Å². The Morgan fingerprint density at radius 1 is 1.27 bits per heavy atom. The topological polar surface area (TPSA) is 45.2 Å². The van der Waals surface area contributed by atoms with E-state index in [2.05, 4.69) is 10.3 Å². The van der Waals surface area contributed by atoms with Gasteiger partial charge in [-0.05, 0) is 31.0 Å². The molecule has 1 atom stereocenters. The van der Waals surface area contributed by atoms with Gasteiger partial charge in [0.25, 0.3) is 5.91 Å². The van der Waals surface area contributed by atoms with Crippen LogP contribution in [0.4, 0.5) is 10.1 Å². The van der Waals surface area contributed by atoms with Crippen LogP contribution in [-0.2, 0) is 0 Å². The van der Waals surface area contributed by atoms with Crippen LogP contribution in [0.3, 0.4) is 0 Å². The van der Waals surface area contributed by atoms with Crippen LogP contribution < -0.4 is 5.32 Å². The molecular weight excluding hydrogens is 281 g/mol. The fraction of sp³-hybridized carbons (Fsp3) is 0.294. The molecule has 0 radical (unpaired) electrons. The summed E-state index contributed by atoms with van der Waals surface area (Å²) in [6, 6.07) is 11.5. The molecule has 0 aliphatic carbocycles. The predicted octanol–water partition coefficient (Wildman–Crippen LogP) is 2.94. The Bertz CT molecular complexity index is 647. The number of nitrogens with one attached hydrogen (secondary N) is 1. The number of piperidine rings is 1. The summed E-state index contributed by atoms with van der Waals surface area (Å²) >= 11 is 0. The zero-order valence-corrected chi connectivity index (χ0v) is 12.2. The number of halogens is 1. The van der Waals surface area contributed by atoms with Crippen LogP contribution in [0.25, 0.3) is 0 Å². The number of amides is 1. The van der Waals surface area contributed by atoms with Gasteiger partial charge in [-0.2, -0.15) is 0 Å². The van der Waals surface area contributed by atoms with Crippen molar-refractivity contribution < 1.29 is 9.18 Å². The number of hydrogen-bond donors (Lipinski definition) is 1. The fourth-order valence-corrected chi connectivity index (χ4v) is 2.77. The standard InChI is InChI=1S/C17H18FN3O/c18-16-11-19-9-8-15(16)17(22)21-10-4-7-14(12-21)20-13-5-2-1-3-6-13/h1-3,5-6,8-9,11,14,20H,4,7,10,12H2. The molecule has 3 rings (SSSR count). The smallest absolute Gasteiger partial charge is 0.257 e. The average Bonchev–Trinajstić information content (AvgIpc) is 2.56. The molecule has 2 aromatic rings. The lowest BCUT2D eigenvalue weighted by Crippen LogP contribution is -2.45. The van der Waals surface area contributed by atoms with Crippen LogP contribution in [0.5, 0.6) is 0 Å². The van der Waals surface area contributed by atoms with E-state index in [-0.39, 0.29) is 17.5 Å². The first-order chi connectivity index (χ1) is 10.7. The van der Waals surface area contributed by atoms with Crippen molar-refractivity contribution in [1.29, 1.82) is 0 Å². The summed E-state index contributed by atoms with van der Waals surface area (Å²) in [7, 11) is 0. The lowest BCUT2D eigenvalue weighted by Gasteiger charge is -2.33. The zero-order chi connectivity index (χ0) is 15.4. The SMILES string of the molecule is O=C(c1ccncc1F)N1CCCC(Nc2ccccc2)C1. The summed E-state index contributed by atoms with van der Waals surface area (Å²) in [5.41, 5.74) is 1.13. The van der Waals surface area contributed by atoms with Gasteiger partial charge in [0, 0.05) is 31.0 Å². The molecule has 1 aliphatic rings. The minimum Gasteiger partial charge on any atom is -0.381 e. The van der Waals surface area contributed by atoms with Gasteiger partial charge in [0.2, 0.25) is 0 Å². The van der Waals surface area contributed by atoms with E-state index in [1.54, 1.807) is 4.90 Å². The monoisotopic (exact) mass is 299 g/mol. The first-order valence-electron chi connectivity index (χ1n) is 7.44. The van der Waals surface area contributed by atoms with Crippen LogP contribution in [0.15, 0.2) is 48.8 Å². The number of pyridine rings is 1. The van der Waals surface area contributed by atoms with Gasteiger partial charge < -0.3 is 10.2 Å². The molecule has 0 saturated carbocycles. The largest absolute Gasteiger partial charge is 0.381 e. The fourth-order valence-electron chi connectivity index (χ4n) is 2.77. The van der Waals surface area contributed by atoms with Crippen LogP contribution in [0.2, 0.25) is 0 Å². The number of anilines is 1. The Labute approximate surface area is 129 Å². The van der Waals surface area contributed by atoms with E-state index >= 15 is 0 Å². The third-order valence-corrected chi connectivity index (χ3v) is 3.86. The molecule has 22 heavy (non-hydrogen) atoms. The average molecular weight is 299 g/mol. The summed E-state index contributed by atoms with van der Waals surface area (Å²) in [5, 5.41) is 3.43. The van der Waals surface area contributed by atoms with E-state index in [0.29, 0.717) is 13.1 Å². The quantitative estimate of drug-likeness (QED) is 0.948. The molecule has 1 aliphatic heterocycles. The predicted molar refractivity (Wildman–Crippen MR) is 83.2 cm³/mol. The second-order valence-corrected chi connectivity index (χ2v) is 5.46. The third-order valence-electron chi connectivity index (χ3n) is 3.86. The molecule has 1 unspecified atom stereocenters. The maximum Gasteiger partial charge on any atom is 0.257 e. The van der Waals surface area contributed by atoms with Gasteiger partial charge in [-0.15, -0.1) is 0 Å². The second kappa shape index (κ2) is 6.56. The molecule has 0 spiro atoms. The highest BCUT2D eigenvalue weighted by atomic mass is 19.1. The molecule has 1 N–H and O–H groups in total. The first kappa shape index (κ1) is 14.5. The molecule has 1 aromatic carbocycles. The van der Waals surface area contributed by atoms with Crippen molar-refractivity contribution in [1.82, 2.24) is 9.88 Å². The van der Waals surface area contributed by atoms with Gasteiger partial charge in [0.05, 0.1) is 11.8 Å². The number of carbonyl (C=O) groups is 1. The molecule has 114 valence electrons.